The van der Waals surface area contributed by atoms with Gasteiger partial charge in [0.1, 0.15) is 0 Å². The molecule has 0 heterocycles. The maximum absolute atomic E-state index is 9.57. The zero-order chi connectivity index (χ0) is 8.20. The average Bonchev–Trinajstić information content (AvgIpc) is 1.84. The van der Waals surface area contributed by atoms with Crippen molar-refractivity contribution >= 4 is 6.21 Å². The van der Waals surface area contributed by atoms with Crippen LogP contribution in [0.5, 0.6) is 0 Å². The van der Waals surface area contributed by atoms with Gasteiger partial charge in [-0.05, 0) is 19.8 Å². The van der Waals surface area contributed by atoms with E-state index in [0.29, 0.717) is 0 Å². The molecule has 0 fully saturated rings. The molecule has 0 aromatic heterocycles. The quantitative estimate of drug-likeness (QED) is 0.596. The second-order valence-corrected chi connectivity index (χ2v) is 3.01. The van der Waals surface area contributed by atoms with Gasteiger partial charge < -0.3 is 5.11 Å². The van der Waals surface area contributed by atoms with Crippen molar-refractivity contribution in [3.63, 3.8) is 0 Å². The van der Waals surface area contributed by atoms with Crippen LogP contribution in [-0.2, 0) is 0 Å². The molecule has 10 heavy (non-hydrogen) atoms. The van der Waals surface area contributed by atoms with Gasteiger partial charge in [-0.15, -0.1) is 0 Å². The van der Waals surface area contributed by atoms with Gasteiger partial charge in [0.15, 0.2) is 0 Å². The average molecular weight is 143 g/mol. The Morgan fingerprint density at radius 3 is 2.40 bits per heavy atom. The van der Waals surface area contributed by atoms with E-state index in [4.69, 9.17) is 0 Å². The standard InChI is InChI=1S/C8H17NO/c1-5-9-6-8(4,10)7(2)3/h6-7,10H,5H2,1-4H3. The van der Waals surface area contributed by atoms with Crippen LogP contribution in [0.3, 0.4) is 0 Å². The predicted molar refractivity (Wildman–Crippen MR) is 44.5 cm³/mol. The van der Waals surface area contributed by atoms with Crippen LogP contribution in [-0.4, -0.2) is 23.5 Å². The van der Waals surface area contributed by atoms with Gasteiger partial charge in [-0.1, -0.05) is 13.8 Å². The summed E-state index contributed by atoms with van der Waals surface area (Å²) in [6.07, 6.45) is 1.62. The molecule has 0 aromatic carbocycles. The van der Waals surface area contributed by atoms with Crippen LogP contribution in [0.4, 0.5) is 0 Å². The Labute approximate surface area is 63.0 Å². The van der Waals surface area contributed by atoms with Crippen molar-refractivity contribution in [2.75, 3.05) is 6.54 Å². The van der Waals surface area contributed by atoms with E-state index >= 15 is 0 Å². The molecule has 1 N–H and O–H groups in total. The van der Waals surface area contributed by atoms with Crippen molar-refractivity contribution in [1.29, 1.82) is 0 Å². The van der Waals surface area contributed by atoms with E-state index in [1.54, 1.807) is 13.1 Å². The summed E-state index contributed by atoms with van der Waals surface area (Å²) in [7, 11) is 0. The lowest BCUT2D eigenvalue weighted by Crippen LogP contribution is -2.32. The van der Waals surface area contributed by atoms with Gasteiger partial charge >= 0.3 is 0 Å². The highest BCUT2D eigenvalue weighted by Gasteiger charge is 2.21. The Kier molecular flexibility index (Phi) is 3.58. The number of nitrogens with zero attached hydrogens (tertiary/aromatic N) is 1. The number of aliphatic imine (C=N–C) groups is 1. The molecule has 0 aliphatic heterocycles. The third-order valence-electron chi connectivity index (χ3n) is 1.70. The molecule has 2 heteroatoms. The largest absolute Gasteiger partial charge is 0.384 e. The first kappa shape index (κ1) is 9.63. The van der Waals surface area contributed by atoms with E-state index in [0.717, 1.165) is 6.54 Å². The van der Waals surface area contributed by atoms with Crippen LogP contribution >= 0.6 is 0 Å². The second kappa shape index (κ2) is 3.71. The van der Waals surface area contributed by atoms with Crippen LogP contribution in [0.2, 0.25) is 0 Å². The molecular formula is C8H17NO. The molecular weight excluding hydrogens is 126 g/mol. The van der Waals surface area contributed by atoms with E-state index in [9.17, 15) is 5.11 Å². The van der Waals surface area contributed by atoms with Crippen LogP contribution in [0.15, 0.2) is 4.99 Å². The molecule has 0 rings (SSSR count). The molecule has 1 unspecified atom stereocenters. The second-order valence-electron chi connectivity index (χ2n) is 3.01. The molecule has 2 nitrogen and oxygen atoms in total. The first-order valence-electron chi connectivity index (χ1n) is 3.74. The van der Waals surface area contributed by atoms with Gasteiger partial charge in [0.05, 0.1) is 5.60 Å². The first-order chi connectivity index (χ1) is 4.50. The molecule has 0 aliphatic carbocycles. The molecule has 0 saturated heterocycles. The highest BCUT2D eigenvalue weighted by Crippen LogP contribution is 2.12. The van der Waals surface area contributed by atoms with E-state index < -0.39 is 5.60 Å². The molecule has 0 aliphatic rings. The highest BCUT2D eigenvalue weighted by molar-refractivity contribution is 5.67. The monoisotopic (exact) mass is 143 g/mol. The number of hydrogen-bond acceptors (Lipinski definition) is 2. The van der Waals surface area contributed by atoms with Crippen LogP contribution in [0.25, 0.3) is 0 Å². The fourth-order valence-electron chi connectivity index (χ4n) is 0.425. The maximum atomic E-state index is 9.57. The van der Waals surface area contributed by atoms with Crippen LogP contribution in [0.1, 0.15) is 27.7 Å². The number of rotatable bonds is 3. The molecule has 1 atom stereocenters. The minimum atomic E-state index is -0.740. The highest BCUT2D eigenvalue weighted by atomic mass is 16.3. The first-order valence-corrected chi connectivity index (χ1v) is 3.74. The van der Waals surface area contributed by atoms with E-state index in [-0.39, 0.29) is 5.92 Å². The van der Waals surface area contributed by atoms with Crippen molar-refractivity contribution in [3.8, 4) is 0 Å². The molecule has 0 spiro atoms. The minimum absolute atomic E-state index is 0.225. The van der Waals surface area contributed by atoms with Gasteiger partial charge in [0.2, 0.25) is 0 Å². The summed E-state index contributed by atoms with van der Waals surface area (Å²) in [6, 6.07) is 0. The predicted octanol–water partition coefficient (Wildman–Crippen LogP) is 1.48. The topological polar surface area (TPSA) is 32.6 Å². The van der Waals surface area contributed by atoms with Crippen molar-refractivity contribution < 1.29 is 5.11 Å². The van der Waals surface area contributed by atoms with E-state index in [2.05, 4.69) is 4.99 Å². The third kappa shape index (κ3) is 2.97. The maximum Gasteiger partial charge on any atom is 0.0987 e. The van der Waals surface area contributed by atoms with Gasteiger partial charge in [-0.3, -0.25) is 4.99 Å². The lowest BCUT2D eigenvalue weighted by molar-refractivity contribution is 0.0878. The summed E-state index contributed by atoms with van der Waals surface area (Å²) in [5.41, 5.74) is -0.740. The number of hydrogen-bond donors (Lipinski definition) is 1. The van der Waals surface area contributed by atoms with E-state index in [1.807, 2.05) is 20.8 Å². The van der Waals surface area contributed by atoms with Crippen molar-refractivity contribution in [3.05, 3.63) is 0 Å². The summed E-state index contributed by atoms with van der Waals surface area (Å²) >= 11 is 0. The fourth-order valence-corrected chi connectivity index (χ4v) is 0.425. The van der Waals surface area contributed by atoms with E-state index in [1.165, 1.54) is 0 Å². The molecule has 0 radical (unpaired) electrons. The van der Waals surface area contributed by atoms with Crippen molar-refractivity contribution in [1.82, 2.24) is 0 Å². The van der Waals surface area contributed by atoms with Gasteiger partial charge in [0.25, 0.3) is 0 Å². The summed E-state index contributed by atoms with van der Waals surface area (Å²) < 4.78 is 0. The zero-order valence-corrected chi connectivity index (χ0v) is 7.26. The zero-order valence-electron chi connectivity index (χ0n) is 7.26. The Morgan fingerprint density at radius 2 is 2.10 bits per heavy atom. The molecule has 0 aromatic rings. The summed E-state index contributed by atoms with van der Waals surface area (Å²) in [6.45, 7) is 8.41. The van der Waals surface area contributed by atoms with Crippen molar-refractivity contribution in [2.45, 2.75) is 33.3 Å². The van der Waals surface area contributed by atoms with Crippen LogP contribution in [0, 0.1) is 5.92 Å². The smallest absolute Gasteiger partial charge is 0.0987 e. The third-order valence-corrected chi connectivity index (χ3v) is 1.70. The minimum Gasteiger partial charge on any atom is -0.384 e. The Balaban J connectivity index is 3.98. The van der Waals surface area contributed by atoms with Gasteiger partial charge in [-0.2, -0.15) is 0 Å². The molecule has 0 bridgehead atoms. The normalized spacial score (nSPS) is 18.2. The fraction of sp³-hybridized carbons (Fsp3) is 0.875. The Bertz CT molecular complexity index is 116. The summed E-state index contributed by atoms with van der Waals surface area (Å²) in [4.78, 5) is 3.99. The molecule has 0 saturated carbocycles. The lowest BCUT2D eigenvalue weighted by Gasteiger charge is -2.22. The Hall–Kier alpha value is -0.370. The lowest BCUT2D eigenvalue weighted by atomic mass is 9.94. The Morgan fingerprint density at radius 1 is 1.60 bits per heavy atom. The van der Waals surface area contributed by atoms with Gasteiger partial charge in [0, 0.05) is 12.8 Å². The van der Waals surface area contributed by atoms with Crippen LogP contribution < -0.4 is 0 Å². The summed E-state index contributed by atoms with van der Waals surface area (Å²) in [5, 5.41) is 9.57. The van der Waals surface area contributed by atoms with Gasteiger partial charge in [-0.25, -0.2) is 0 Å². The SMILES string of the molecule is CCN=CC(C)(O)C(C)C. The van der Waals surface area contributed by atoms with Crippen molar-refractivity contribution in [2.24, 2.45) is 10.9 Å². The molecule has 0 amide bonds. The number of aliphatic hydroxyl groups is 1. The summed E-state index contributed by atoms with van der Waals surface area (Å²) in [5.74, 6) is 0.225. The molecule has 60 valence electrons.